The monoisotopic (exact) mass is 561 g/mol. The molecule has 22 heavy (non-hydrogen) atoms. The molecule has 0 aliphatic carbocycles. The van der Waals surface area contributed by atoms with Crippen molar-refractivity contribution < 1.29 is 8.42 Å². The Labute approximate surface area is 163 Å². The number of rotatable bonds is 5. The van der Waals surface area contributed by atoms with Gasteiger partial charge in [-0.2, -0.15) is 0 Å². The minimum Gasteiger partial charge on any atom is -0.263 e. The van der Waals surface area contributed by atoms with Crippen LogP contribution < -0.4 is 4.31 Å². The van der Waals surface area contributed by atoms with Crippen LogP contribution in [0.15, 0.2) is 53.4 Å². The highest BCUT2D eigenvalue weighted by Gasteiger charge is 2.27. The highest BCUT2D eigenvalue weighted by atomic mass is 127. The molecule has 0 unspecified atom stereocenters. The van der Waals surface area contributed by atoms with E-state index in [1.807, 2.05) is 6.92 Å². The van der Waals surface area contributed by atoms with E-state index in [1.165, 1.54) is 4.31 Å². The van der Waals surface area contributed by atoms with Gasteiger partial charge in [-0.1, -0.05) is 86.6 Å². The van der Waals surface area contributed by atoms with Crippen LogP contribution in [0.4, 0.5) is 5.69 Å². The molecule has 0 saturated carbocycles. The zero-order valence-corrected chi connectivity index (χ0v) is 17.6. The first-order valence-corrected chi connectivity index (χ1v) is 10.8. The summed E-state index contributed by atoms with van der Waals surface area (Å²) >= 11 is 10.6. The summed E-state index contributed by atoms with van der Waals surface area (Å²) in [5.74, 6) is 0. The lowest BCUT2D eigenvalue weighted by Gasteiger charge is -2.26. The maximum Gasteiger partial charge on any atom is 0.264 e. The van der Waals surface area contributed by atoms with Crippen molar-refractivity contribution in [2.75, 3.05) is 10.8 Å². The Morgan fingerprint density at radius 3 is 2.23 bits per heavy atom. The first kappa shape index (κ1) is 18.3. The predicted molar refractivity (Wildman–Crippen MR) is 109 cm³/mol. The van der Waals surface area contributed by atoms with Crippen molar-refractivity contribution in [1.29, 1.82) is 0 Å². The van der Waals surface area contributed by atoms with Gasteiger partial charge in [0.05, 0.1) is 24.1 Å². The minimum absolute atomic E-state index is 0.117. The maximum absolute atomic E-state index is 13.0. The van der Waals surface area contributed by atoms with Crippen molar-refractivity contribution >= 4 is 72.5 Å². The number of aryl methyl sites for hydroxylation is 1. The Morgan fingerprint density at radius 2 is 1.68 bits per heavy atom. The second-order valence-corrected chi connectivity index (χ2v) is 12.4. The number of nitrogens with zero attached hydrogens (tertiary/aromatic N) is 1. The molecule has 0 fully saturated rings. The molecule has 0 N–H and O–H groups in total. The van der Waals surface area contributed by atoms with Gasteiger partial charge >= 0.3 is 0 Å². The van der Waals surface area contributed by atoms with E-state index >= 15 is 0 Å². The molecule has 0 bridgehead atoms. The molecule has 0 atom stereocenters. The maximum atomic E-state index is 13.0. The molecule has 2 aromatic carbocycles. The molecule has 0 spiro atoms. The average molecular weight is 562 g/mol. The molecule has 0 radical (unpaired) electrons. The van der Waals surface area contributed by atoms with Gasteiger partial charge in [-0.3, -0.25) is 4.31 Å². The molecule has 2 aromatic rings. The highest BCUT2D eigenvalue weighted by molar-refractivity contribution is 14.2. The quantitative estimate of drug-likeness (QED) is 0.379. The van der Waals surface area contributed by atoms with Crippen molar-refractivity contribution in [1.82, 2.24) is 0 Å². The summed E-state index contributed by atoms with van der Waals surface area (Å²) in [6.45, 7) is 2.27. The molecule has 0 heterocycles. The minimum atomic E-state index is -3.65. The summed E-state index contributed by atoms with van der Waals surface area (Å²) in [5, 5.41) is 0.423. The highest BCUT2D eigenvalue weighted by Crippen LogP contribution is 2.32. The van der Waals surface area contributed by atoms with Gasteiger partial charge < -0.3 is 0 Å². The summed E-state index contributed by atoms with van der Waals surface area (Å²) in [6.07, 6.45) is 0. The van der Waals surface area contributed by atoms with Crippen LogP contribution in [0.5, 0.6) is 0 Å². The summed E-state index contributed by atoms with van der Waals surface area (Å²) in [6, 6.07) is 13.8. The number of anilines is 1. The second kappa shape index (κ2) is 7.67. The van der Waals surface area contributed by atoms with Crippen LogP contribution >= 0.6 is 56.8 Å². The largest absolute Gasteiger partial charge is 0.264 e. The lowest BCUT2D eigenvalue weighted by atomic mass is 10.2. The van der Waals surface area contributed by atoms with Crippen molar-refractivity contribution in [2.24, 2.45) is 0 Å². The number of halogens is 3. The average Bonchev–Trinajstić information content (AvgIpc) is 2.46. The molecule has 0 amide bonds. The lowest BCUT2D eigenvalue weighted by Crippen LogP contribution is -2.34. The summed E-state index contributed by atoms with van der Waals surface area (Å²) in [5.41, 5.74) is 1.52. The molecule has 2 rings (SSSR count). The van der Waals surface area contributed by atoms with Gasteiger partial charge in [-0.05, 0) is 31.2 Å². The second-order valence-electron chi connectivity index (χ2n) is 4.69. The van der Waals surface area contributed by atoms with E-state index in [4.69, 9.17) is 11.6 Å². The van der Waals surface area contributed by atoms with Crippen molar-refractivity contribution in [3.63, 3.8) is 0 Å². The number of alkyl halides is 2. The molecule has 0 aliphatic heterocycles. The van der Waals surface area contributed by atoms with Crippen molar-refractivity contribution in [3.05, 3.63) is 59.1 Å². The Kier molecular flexibility index (Phi) is 6.38. The van der Waals surface area contributed by atoms with Crippen molar-refractivity contribution in [3.8, 4) is 0 Å². The fraction of sp³-hybridized carbons (Fsp3) is 0.200. The third-order valence-electron chi connectivity index (χ3n) is 3.03. The van der Waals surface area contributed by atoms with Crippen LogP contribution in [0.25, 0.3) is 0 Å². The van der Waals surface area contributed by atoms with Gasteiger partial charge in [-0.25, -0.2) is 8.42 Å². The first-order chi connectivity index (χ1) is 10.3. The predicted octanol–water partition coefficient (Wildman–Crippen LogP) is 5.04. The van der Waals surface area contributed by atoms with Crippen LogP contribution in [0.3, 0.4) is 0 Å². The van der Waals surface area contributed by atoms with E-state index in [1.54, 1.807) is 48.5 Å². The number of para-hydroxylation sites is 1. The Balaban J connectivity index is 2.53. The Morgan fingerprint density at radius 1 is 1.09 bits per heavy atom. The van der Waals surface area contributed by atoms with Gasteiger partial charge in [0.2, 0.25) is 0 Å². The first-order valence-electron chi connectivity index (χ1n) is 6.44. The number of benzene rings is 2. The molecule has 0 aromatic heterocycles. The summed E-state index contributed by atoms with van der Waals surface area (Å²) in [7, 11) is -3.65. The molecule has 0 aliphatic rings. The van der Waals surface area contributed by atoms with Gasteiger partial charge in [-0.15, -0.1) is 0 Å². The van der Waals surface area contributed by atoms with E-state index in [-0.39, 0.29) is 6.83 Å². The number of sulfonamides is 1. The zero-order chi connectivity index (χ0) is 16.3. The van der Waals surface area contributed by atoms with E-state index in [0.29, 0.717) is 17.3 Å². The van der Waals surface area contributed by atoms with Gasteiger partial charge in [0, 0.05) is 0 Å². The summed E-state index contributed by atoms with van der Waals surface area (Å²) < 4.78 is 27.5. The fourth-order valence-electron chi connectivity index (χ4n) is 1.94. The molecular weight excluding hydrogens is 547 g/mol. The van der Waals surface area contributed by atoms with Gasteiger partial charge in [0.25, 0.3) is 10.0 Å². The number of hydrogen-bond acceptors (Lipinski definition) is 2. The molecule has 7 heteroatoms. The van der Waals surface area contributed by atoms with Crippen LogP contribution in [-0.2, 0) is 10.0 Å². The molecular formula is C15H14ClI2NO2S. The van der Waals surface area contributed by atoms with Crippen molar-refractivity contribution in [2.45, 2.75) is 13.8 Å². The van der Waals surface area contributed by atoms with E-state index in [9.17, 15) is 8.42 Å². The Bertz CT molecular complexity index is 748. The smallest absolute Gasteiger partial charge is 0.263 e. The summed E-state index contributed by atoms with van der Waals surface area (Å²) in [4.78, 5) is 0.270. The Hall–Kier alpha value is -0.0600. The third kappa shape index (κ3) is 4.27. The number of hydrogen-bond donors (Lipinski definition) is 0. The van der Waals surface area contributed by atoms with Gasteiger partial charge in [0.1, 0.15) is 0 Å². The van der Waals surface area contributed by atoms with Crippen LogP contribution in [0.1, 0.15) is 5.56 Å². The SMILES string of the molecule is Cc1ccc(S(=O)(=O)N(CC(I)I)c2ccccc2Cl)cc1. The zero-order valence-electron chi connectivity index (χ0n) is 11.7. The standard InChI is InChI=1S/C15H14ClI2NO2S/c1-11-6-8-12(9-7-11)22(20,21)19(10-15(17)18)14-5-3-2-4-13(14)16/h2-9,15H,10H2,1H3. The van der Waals surface area contributed by atoms with Crippen LogP contribution in [0.2, 0.25) is 5.02 Å². The molecule has 0 saturated heterocycles. The fourth-order valence-corrected chi connectivity index (χ4v) is 5.05. The topological polar surface area (TPSA) is 37.4 Å². The third-order valence-corrected chi connectivity index (χ3v) is 5.94. The molecule has 3 nitrogen and oxygen atoms in total. The lowest BCUT2D eigenvalue weighted by molar-refractivity contribution is 0.592. The van der Waals surface area contributed by atoms with E-state index in [0.717, 1.165) is 5.56 Å². The van der Waals surface area contributed by atoms with E-state index in [2.05, 4.69) is 45.2 Å². The van der Waals surface area contributed by atoms with Gasteiger partial charge in [0.15, 0.2) is 0 Å². The van der Waals surface area contributed by atoms with E-state index < -0.39 is 10.0 Å². The normalized spacial score (nSPS) is 11.7. The van der Waals surface area contributed by atoms with Crippen LogP contribution in [-0.4, -0.2) is 16.9 Å². The molecule has 118 valence electrons. The van der Waals surface area contributed by atoms with Crippen LogP contribution in [0, 0.1) is 6.92 Å².